The van der Waals surface area contributed by atoms with Gasteiger partial charge in [-0.15, -0.1) is 11.3 Å². The van der Waals surface area contributed by atoms with Crippen molar-refractivity contribution in [2.45, 2.75) is 0 Å². The van der Waals surface area contributed by atoms with Gasteiger partial charge in [-0.3, -0.25) is 0 Å². The van der Waals surface area contributed by atoms with Gasteiger partial charge in [0.1, 0.15) is 11.4 Å². The number of carboxylic acids is 1. The van der Waals surface area contributed by atoms with Gasteiger partial charge in [-0.05, 0) is 18.2 Å². The molecule has 0 fully saturated rings. The van der Waals surface area contributed by atoms with Crippen LogP contribution >= 0.6 is 11.3 Å². The second kappa shape index (κ2) is 3.02. The summed E-state index contributed by atoms with van der Waals surface area (Å²) >= 11 is 0.702. The molecule has 72 valence electrons. The van der Waals surface area contributed by atoms with E-state index in [1.165, 1.54) is 12.1 Å². The van der Waals surface area contributed by atoms with Gasteiger partial charge >= 0.3 is 5.97 Å². The third-order valence-corrected chi connectivity index (χ3v) is 2.78. The van der Waals surface area contributed by atoms with Crippen molar-refractivity contribution in [3.05, 3.63) is 34.7 Å². The van der Waals surface area contributed by atoms with E-state index >= 15 is 0 Å². The summed E-state index contributed by atoms with van der Waals surface area (Å²) < 4.78 is 26.3. The van der Waals surface area contributed by atoms with E-state index in [0.29, 0.717) is 16.0 Å². The molecule has 0 aliphatic heterocycles. The minimum absolute atomic E-state index is 0.111. The van der Waals surface area contributed by atoms with Crippen molar-refractivity contribution in [2.75, 3.05) is 0 Å². The Balaban J connectivity index is 2.86. The minimum Gasteiger partial charge on any atom is -0.478 e. The number of fused-ring (bicyclic) bond motifs is 1. The van der Waals surface area contributed by atoms with Crippen LogP contribution in [-0.4, -0.2) is 11.1 Å². The van der Waals surface area contributed by atoms with E-state index in [2.05, 4.69) is 0 Å². The van der Waals surface area contributed by atoms with Crippen LogP contribution in [0.25, 0.3) is 10.1 Å². The maximum absolute atomic E-state index is 13.1. The fourth-order valence-electron chi connectivity index (χ4n) is 1.24. The van der Waals surface area contributed by atoms with E-state index in [4.69, 9.17) is 5.11 Å². The van der Waals surface area contributed by atoms with Crippen LogP contribution in [0.4, 0.5) is 8.78 Å². The Morgan fingerprint density at radius 1 is 1.36 bits per heavy atom. The lowest BCUT2D eigenvalue weighted by molar-refractivity contribution is 0.0695. The molecule has 0 aliphatic rings. The van der Waals surface area contributed by atoms with Crippen LogP contribution in [0.15, 0.2) is 18.2 Å². The van der Waals surface area contributed by atoms with Crippen LogP contribution in [-0.2, 0) is 0 Å². The lowest BCUT2D eigenvalue weighted by Crippen LogP contribution is -1.96. The SMILES string of the molecule is O=C(O)c1c(F)sc2ccc(F)cc12. The molecule has 0 atom stereocenters. The third kappa shape index (κ3) is 1.26. The molecule has 1 aromatic carbocycles. The first-order valence-electron chi connectivity index (χ1n) is 3.70. The average molecular weight is 214 g/mol. The molecular weight excluding hydrogens is 210 g/mol. The first kappa shape index (κ1) is 9.08. The Morgan fingerprint density at radius 3 is 2.71 bits per heavy atom. The minimum atomic E-state index is -1.38. The van der Waals surface area contributed by atoms with Crippen LogP contribution in [0.2, 0.25) is 0 Å². The molecule has 0 saturated heterocycles. The van der Waals surface area contributed by atoms with Crippen molar-refractivity contribution < 1.29 is 18.7 Å². The van der Waals surface area contributed by atoms with Gasteiger partial charge in [-0.1, -0.05) is 0 Å². The summed E-state index contributed by atoms with van der Waals surface area (Å²) in [7, 11) is 0. The van der Waals surface area contributed by atoms with Crippen LogP contribution < -0.4 is 0 Å². The number of thiophene rings is 1. The van der Waals surface area contributed by atoms with Crippen molar-refractivity contribution in [1.29, 1.82) is 0 Å². The Labute approximate surface area is 81.4 Å². The van der Waals surface area contributed by atoms with E-state index in [9.17, 15) is 13.6 Å². The maximum atomic E-state index is 13.1. The first-order chi connectivity index (χ1) is 6.59. The van der Waals surface area contributed by atoms with Crippen molar-refractivity contribution in [3.8, 4) is 0 Å². The molecule has 0 radical (unpaired) electrons. The van der Waals surface area contributed by atoms with Gasteiger partial charge in [0.05, 0.1) is 0 Å². The summed E-state index contributed by atoms with van der Waals surface area (Å²) in [5, 5.41) is 8.01. The van der Waals surface area contributed by atoms with Gasteiger partial charge in [-0.2, -0.15) is 4.39 Å². The predicted molar refractivity (Wildman–Crippen MR) is 48.7 cm³/mol. The zero-order valence-electron chi connectivity index (χ0n) is 6.75. The van der Waals surface area contributed by atoms with Crippen LogP contribution in [0.1, 0.15) is 10.4 Å². The molecule has 0 unspecified atom stereocenters. The monoisotopic (exact) mass is 214 g/mol. The van der Waals surface area contributed by atoms with Crippen LogP contribution in [0.3, 0.4) is 0 Å². The highest BCUT2D eigenvalue weighted by Crippen LogP contribution is 2.30. The van der Waals surface area contributed by atoms with Gasteiger partial charge in [0, 0.05) is 10.1 Å². The fourth-order valence-corrected chi connectivity index (χ4v) is 2.14. The summed E-state index contributed by atoms with van der Waals surface area (Å²) in [5.74, 6) is -1.95. The van der Waals surface area contributed by atoms with E-state index in [-0.39, 0.29) is 5.39 Å². The van der Waals surface area contributed by atoms with E-state index < -0.39 is 22.5 Å². The van der Waals surface area contributed by atoms with Crippen molar-refractivity contribution in [1.82, 2.24) is 0 Å². The number of hydrogen-bond acceptors (Lipinski definition) is 2. The fraction of sp³-hybridized carbons (Fsp3) is 0. The van der Waals surface area contributed by atoms with Crippen molar-refractivity contribution in [2.24, 2.45) is 0 Å². The van der Waals surface area contributed by atoms with E-state index in [1.807, 2.05) is 0 Å². The lowest BCUT2D eigenvalue weighted by Gasteiger charge is -1.92. The molecule has 0 amide bonds. The van der Waals surface area contributed by atoms with Crippen LogP contribution in [0, 0.1) is 10.9 Å². The van der Waals surface area contributed by atoms with Gasteiger partial charge in [0.25, 0.3) is 0 Å². The summed E-state index contributed by atoms with van der Waals surface area (Å²) in [4.78, 5) is 10.7. The highest BCUT2D eigenvalue weighted by molar-refractivity contribution is 7.17. The van der Waals surface area contributed by atoms with Gasteiger partial charge in [0.15, 0.2) is 5.13 Å². The summed E-state index contributed by atoms with van der Waals surface area (Å²) in [5.41, 5.74) is -0.454. The molecule has 0 aliphatic carbocycles. The highest BCUT2D eigenvalue weighted by atomic mass is 32.1. The number of rotatable bonds is 1. The second-order valence-electron chi connectivity index (χ2n) is 2.70. The molecule has 0 spiro atoms. The maximum Gasteiger partial charge on any atom is 0.340 e. The highest BCUT2D eigenvalue weighted by Gasteiger charge is 2.18. The molecule has 5 heteroatoms. The summed E-state index contributed by atoms with van der Waals surface area (Å²) in [6.45, 7) is 0. The molecule has 0 saturated carbocycles. The first-order valence-corrected chi connectivity index (χ1v) is 4.52. The Bertz CT molecular complexity index is 519. The number of benzene rings is 1. The van der Waals surface area contributed by atoms with E-state index in [0.717, 1.165) is 6.07 Å². The summed E-state index contributed by atoms with van der Waals surface area (Å²) in [6, 6.07) is 3.56. The van der Waals surface area contributed by atoms with Crippen molar-refractivity contribution >= 4 is 27.4 Å². The molecule has 1 N–H and O–H groups in total. The molecule has 0 bridgehead atoms. The second-order valence-corrected chi connectivity index (χ2v) is 3.70. The van der Waals surface area contributed by atoms with Gasteiger partial charge in [0.2, 0.25) is 0 Å². The standard InChI is InChI=1S/C9H4F2O2S/c10-4-1-2-6-5(3-4)7(9(12)13)8(11)14-6/h1-3H,(H,12,13). The lowest BCUT2D eigenvalue weighted by atomic mass is 10.2. The number of hydrogen-bond donors (Lipinski definition) is 1. The topological polar surface area (TPSA) is 37.3 Å². The zero-order valence-corrected chi connectivity index (χ0v) is 7.57. The summed E-state index contributed by atoms with van der Waals surface area (Å²) in [6.07, 6.45) is 0. The largest absolute Gasteiger partial charge is 0.478 e. The average Bonchev–Trinajstić information content (AvgIpc) is 2.40. The number of carbonyl (C=O) groups is 1. The van der Waals surface area contributed by atoms with Crippen molar-refractivity contribution in [3.63, 3.8) is 0 Å². The Kier molecular flexibility index (Phi) is 1.96. The third-order valence-electron chi connectivity index (χ3n) is 1.82. The smallest absolute Gasteiger partial charge is 0.340 e. The number of halogens is 2. The Hall–Kier alpha value is -1.49. The molecular formula is C9H4F2O2S. The van der Waals surface area contributed by atoms with E-state index in [1.54, 1.807) is 0 Å². The zero-order chi connectivity index (χ0) is 10.3. The molecule has 14 heavy (non-hydrogen) atoms. The molecule has 2 aromatic rings. The van der Waals surface area contributed by atoms with Gasteiger partial charge < -0.3 is 5.11 Å². The number of aromatic carboxylic acids is 1. The molecule has 1 heterocycles. The predicted octanol–water partition coefficient (Wildman–Crippen LogP) is 2.88. The number of carboxylic acid groups (broad SMARTS) is 1. The van der Waals surface area contributed by atoms with Crippen LogP contribution in [0.5, 0.6) is 0 Å². The molecule has 2 rings (SSSR count). The Morgan fingerprint density at radius 2 is 2.07 bits per heavy atom. The quantitative estimate of drug-likeness (QED) is 0.792. The molecule has 2 nitrogen and oxygen atoms in total. The normalized spacial score (nSPS) is 10.7. The van der Waals surface area contributed by atoms with Gasteiger partial charge in [-0.25, -0.2) is 9.18 Å². The molecule has 1 aromatic heterocycles.